The van der Waals surface area contributed by atoms with Crippen LogP contribution in [0.5, 0.6) is 0 Å². The molecule has 2 atom stereocenters. The lowest BCUT2D eigenvalue weighted by atomic mass is 9.82. The van der Waals surface area contributed by atoms with Gasteiger partial charge in [-0.25, -0.2) is 0 Å². The quantitative estimate of drug-likeness (QED) is 0.837. The SMILES string of the molecule is CCCNC1(CO)CCCC(Sc2ccccc2C)C1. The van der Waals surface area contributed by atoms with Gasteiger partial charge in [-0.2, -0.15) is 0 Å². The van der Waals surface area contributed by atoms with Crippen molar-refractivity contribution in [1.29, 1.82) is 0 Å². The molecule has 0 amide bonds. The fraction of sp³-hybridized carbons (Fsp3) is 0.647. The lowest BCUT2D eigenvalue weighted by Gasteiger charge is -2.40. The van der Waals surface area contributed by atoms with E-state index in [-0.39, 0.29) is 12.1 Å². The van der Waals surface area contributed by atoms with E-state index in [1.54, 1.807) is 0 Å². The molecule has 1 aromatic carbocycles. The molecule has 1 aromatic rings. The van der Waals surface area contributed by atoms with E-state index >= 15 is 0 Å². The molecule has 0 spiro atoms. The highest BCUT2D eigenvalue weighted by molar-refractivity contribution is 8.00. The second-order valence-corrected chi connectivity index (χ2v) is 7.31. The smallest absolute Gasteiger partial charge is 0.0613 e. The summed E-state index contributed by atoms with van der Waals surface area (Å²) >= 11 is 1.99. The summed E-state index contributed by atoms with van der Waals surface area (Å²) in [6.07, 6.45) is 5.77. The maximum Gasteiger partial charge on any atom is 0.0613 e. The topological polar surface area (TPSA) is 32.3 Å². The van der Waals surface area contributed by atoms with Crippen molar-refractivity contribution >= 4 is 11.8 Å². The van der Waals surface area contributed by atoms with Crippen molar-refractivity contribution in [3.8, 4) is 0 Å². The van der Waals surface area contributed by atoms with Crippen LogP contribution in [0.25, 0.3) is 0 Å². The number of rotatable bonds is 6. The lowest BCUT2D eigenvalue weighted by Crippen LogP contribution is -2.52. The Hall–Kier alpha value is -0.510. The Morgan fingerprint density at radius 2 is 2.20 bits per heavy atom. The Morgan fingerprint density at radius 3 is 2.90 bits per heavy atom. The summed E-state index contributed by atoms with van der Waals surface area (Å²) in [6.45, 7) is 5.63. The Kier molecular flexibility index (Phi) is 5.94. The van der Waals surface area contributed by atoms with Crippen LogP contribution in [-0.2, 0) is 0 Å². The zero-order valence-corrected chi connectivity index (χ0v) is 13.5. The van der Waals surface area contributed by atoms with Gasteiger partial charge in [0, 0.05) is 15.7 Å². The fourth-order valence-electron chi connectivity index (χ4n) is 3.03. The van der Waals surface area contributed by atoms with Gasteiger partial charge >= 0.3 is 0 Å². The zero-order valence-electron chi connectivity index (χ0n) is 12.7. The van der Waals surface area contributed by atoms with E-state index in [1.165, 1.54) is 23.3 Å². The monoisotopic (exact) mass is 293 g/mol. The van der Waals surface area contributed by atoms with Crippen molar-refractivity contribution < 1.29 is 5.11 Å². The van der Waals surface area contributed by atoms with E-state index in [0.717, 1.165) is 25.8 Å². The molecule has 112 valence electrons. The molecule has 20 heavy (non-hydrogen) atoms. The Bertz CT molecular complexity index is 423. The van der Waals surface area contributed by atoms with Crippen LogP contribution in [0.1, 0.15) is 44.6 Å². The molecule has 2 N–H and O–H groups in total. The van der Waals surface area contributed by atoms with Crippen LogP contribution >= 0.6 is 11.8 Å². The van der Waals surface area contributed by atoms with E-state index < -0.39 is 0 Å². The standard InChI is InChI=1S/C17H27NOS/c1-3-11-18-17(13-19)10-6-8-15(12-17)20-16-9-5-4-7-14(16)2/h4-5,7,9,15,18-19H,3,6,8,10-13H2,1-2H3. The second-order valence-electron chi connectivity index (χ2n) is 5.97. The zero-order chi connectivity index (χ0) is 14.4. The van der Waals surface area contributed by atoms with Crippen LogP contribution in [0.2, 0.25) is 0 Å². The van der Waals surface area contributed by atoms with Gasteiger partial charge in [-0.3, -0.25) is 0 Å². The van der Waals surface area contributed by atoms with Gasteiger partial charge in [0.1, 0.15) is 0 Å². The van der Waals surface area contributed by atoms with Gasteiger partial charge in [-0.15, -0.1) is 11.8 Å². The molecule has 1 aliphatic rings. The number of nitrogens with one attached hydrogen (secondary N) is 1. The van der Waals surface area contributed by atoms with Gasteiger partial charge in [-0.05, 0) is 50.8 Å². The molecule has 1 saturated carbocycles. The van der Waals surface area contributed by atoms with Crippen LogP contribution in [0.15, 0.2) is 29.2 Å². The molecule has 0 aliphatic heterocycles. The van der Waals surface area contributed by atoms with E-state index in [0.29, 0.717) is 5.25 Å². The number of aliphatic hydroxyl groups is 1. The van der Waals surface area contributed by atoms with Crippen LogP contribution in [0.3, 0.4) is 0 Å². The van der Waals surface area contributed by atoms with E-state index in [1.807, 2.05) is 11.8 Å². The van der Waals surface area contributed by atoms with E-state index in [4.69, 9.17) is 0 Å². The fourth-order valence-corrected chi connectivity index (χ4v) is 4.48. The van der Waals surface area contributed by atoms with Gasteiger partial charge in [0.05, 0.1) is 6.61 Å². The maximum absolute atomic E-state index is 9.83. The third kappa shape index (κ3) is 4.00. The molecule has 0 aromatic heterocycles. The van der Waals surface area contributed by atoms with Crippen molar-refractivity contribution in [2.24, 2.45) is 0 Å². The summed E-state index contributed by atoms with van der Waals surface area (Å²) < 4.78 is 0. The first-order valence-electron chi connectivity index (χ1n) is 7.77. The van der Waals surface area contributed by atoms with Crippen molar-refractivity contribution in [3.05, 3.63) is 29.8 Å². The van der Waals surface area contributed by atoms with Crippen molar-refractivity contribution in [3.63, 3.8) is 0 Å². The molecule has 0 radical (unpaired) electrons. The molecular formula is C17H27NOS. The molecule has 2 rings (SSSR count). The predicted molar refractivity (Wildman–Crippen MR) is 87.4 cm³/mol. The third-order valence-corrected chi connectivity index (χ3v) is 5.69. The molecule has 0 bridgehead atoms. The average molecular weight is 293 g/mol. The van der Waals surface area contributed by atoms with Crippen LogP contribution in [-0.4, -0.2) is 29.0 Å². The van der Waals surface area contributed by atoms with E-state index in [2.05, 4.69) is 43.4 Å². The molecule has 1 fully saturated rings. The minimum absolute atomic E-state index is 0.0470. The number of hydrogen-bond donors (Lipinski definition) is 2. The number of aliphatic hydroxyl groups excluding tert-OH is 1. The van der Waals surface area contributed by atoms with Crippen LogP contribution < -0.4 is 5.32 Å². The lowest BCUT2D eigenvalue weighted by molar-refractivity contribution is 0.124. The molecule has 3 heteroatoms. The Labute approximate surface area is 127 Å². The van der Waals surface area contributed by atoms with Crippen molar-refractivity contribution in [2.45, 2.75) is 61.6 Å². The van der Waals surface area contributed by atoms with Gasteiger partial charge < -0.3 is 10.4 Å². The highest BCUT2D eigenvalue weighted by Crippen LogP contribution is 2.39. The van der Waals surface area contributed by atoms with E-state index in [9.17, 15) is 5.11 Å². The Balaban J connectivity index is 2.01. The predicted octanol–water partition coefficient (Wildman–Crippen LogP) is 3.76. The van der Waals surface area contributed by atoms with Crippen molar-refractivity contribution in [2.75, 3.05) is 13.2 Å². The largest absolute Gasteiger partial charge is 0.394 e. The number of aryl methyl sites for hydroxylation is 1. The molecule has 1 aliphatic carbocycles. The van der Waals surface area contributed by atoms with Crippen LogP contribution in [0, 0.1) is 6.92 Å². The highest BCUT2D eigenvalue weighted by Gasteiger charge is 2.35. The van der Waals surface area contributed by atoms with Gasteiger partial charge in [-0.1, -0.05) is 31.5 Å². The molecule has 0 saturated heterocycles. The maximum atomic E-state index is 9.83. The first kappa shape index (κ1) is 15.9. The Morgan fingerprint density at radius 1 is 1.40 bits per heavy atom. The van der Waals surface area contributed by atoms with Gasteiger partial charge in [0.25, 0.3) is 0 Å². The summed E-state index contributed by atoms with van der Waals surface area (Å²) in [6, 6.07) is 8.61. The minimum atomic E-state index is -0.0470. The summed E-state index contributed by atoms with van der Waals surface area (Å²) in [5.41, 5.74) is 1.31. The summed E-state index contributed by atoms with van der Waals surface area (Å²) in [5.74, 6) is 0. The number of benzene rings is 1. The highest BCUT2D eigenvalue weighted by atomic mass is 32.2. The third-order valence-electron chi connectivity index (χ3n) is 4.24. The first-order chi connectivity index (χ1) is 9.69. The molecule has 2 unspecified atom stereocenters. The average Bonchev–Trinajstić information content (AvgIpc) is 2.48. The van der Waals surface area contributed by atoms with Crippen molar-refractivity contribution in [1.82, 2.24) is 5.32 Å². The molecular weight excluding hydrogens is 266 g/mol. The normalized spacial score (nSPS) is 26.6. The first-order valence-corrected chi connectivity index (χ1v) is 8.65. The number of thioether (sulfide) groups is 1. The van der Waals surface area contributed by atoms with Crippen LogP contribution in [0.4, 0.5) is 0 Å². The second kappa shape index (κ2) is 7.48. The summed E-state index contributed by atoms with van der Waals surface area (Å²) in [4.78, 5) is 1.39. The van der Waals surface area contributed by atoms with Gasteiger partial charge in [0.2, 0.25) is 0 Å². The number of hydrogen-bond acceptors (Lipinski definition) is 3. The van der Waals surface area contributed by atoms with Gasteiger partial charge in [0.15, 0.2) is 0 Å². The molecule has 2 nitrogen and oxygen atoms in total. The minimum Gasteiger partial charge on any atom is -0.394 e. The molecule has 0 heterocycles. The summed E-state index contributed by atoms with van der Waals surface area (Å²) in [5, 5.41) is 14.0. The summed E-state index contributed by atoms with van der Waals surface area (Å²) in [7, 11) is 0.